The first-order valence-electron chi connectivity index (χ1n) is 6.67. The van der Waals surface area contributed by atoms with Crippen LogP contribution in [0.5, 0.6) is 5.75 Å². The zero-order valence-corrected chi connectivity index (χ0v) is 12.1. The van der Waals surface area contributed by atoms with Crippen LogP contribution in [0.25, 0.3) is 0 Å². The van der Waals surface area contributed by atoms with Crippen molar-refractivity contribution in [3.05, 3.63) is 64.2 Å². The topological polar surface area (TPSA) is 21.3 Å². The van der Waals surface area contributed by atoms with E-state index in [1.165, 1.54) is 24.3 Å². The van der Waals surface area contributed by atoms with Gasteiger partial charge in [-0.15, -0.1) is 0 Å². The fourth-order valence-corrected chi connectivity index (χ4v) is 2.75. The van der Waals surface area contributed by atoms with Gasteiger partial charge in [-0.3, -0.25) is 0 Å². The van der Waals surface area contributed by atoms with E-state index in [9.17, 15) is 8.78 Å². The number of ether oxygens (including phenoxy) is 1. The summed E-state index contributed by atoms with van der Waals surface area (Å²) < 4.78 is 32.9. The summed E-state index contributed by atoms with van der Waals surface area (Å²) >= 11 is 5.70. The molecule has 0 aromatic heterocycles. The molecule has 0 spiro atoms. The molecule has 1 N–H and O–H groups in total. The Kier molecular flexibility index (Phi) is 3.83. The second-order valence-corrected chi connectivity index (χ2v) is 5.45. The van der Waals surface area contributed by atoms with Crippen LogP contribution >= 0.6 is 11.6 Å². The van der Waals surface area contributed by atoms with Crippen LogP contribution in [0.2, 0.25) is 5.02 Å². The molecule has 1 aliphatic heterocycles. The van der Waals surface area contributed by atoms with E-state index in [0.717, 1.165) is 5.56 Å². The van der Waals surface area contributed by atoms with Crippen molar-refractivity contribution in [3.8, 4) is 5.75 Å². The number of rotatable bonds is 2. The number of nitrogens with one attached hydrogen (secondary N) is 1. The van der Waals surface area contributed by atoms with Crippen molar-refractivity contribution in [3.63, 3.8) is 0 Å². The smallest absolute Gasteiger partial charge is 0.142 e. The third-order valence-electron chi connectivity index (χ3n) is 3.73. The minimum atomic E-state index is -0.469. The molecule has 2 nitrogen and oxygen atoms in total. The number of fused-ring (bicyclic) bond motifs is 1. The molecular formula is C16H14ClF2NO. The highest BCUT2D eigenvalue weighted by Crippen LogP contribution is 2.41. The molecule has 2 atom stereocenters. The minimum absolute atomic E-state index is 0.0480. The Hall–Kier alpha value is -1.65. The summed E-state index contributed by atoms with van der Waals surface area (Å²) in [6.07, 6.45) is 0.292. The van der Waals surface area contributed by atoms with Gasteiger partial charge in [-0.25, -0.2) is 8.78 Å². The van der Waals surface area contributed by atoms with Crippen LogP contribution in [0.4, 0.5) is 8.78 Å². The molecule has 0 fully saturated rings. The molecular weight excluding hydrogens is 296 g/mol. The Balaban J connectivity index is 1.96. The van der Waals surface area contributed by atoms with Crippen molar-refractivity contribution in [2.45, 2.75) is 18.6 Å². The van der Waals surface area contributed by atoms with Crippen molar-refractivity contribution in [1.82, 2.24) is 5.32 Å². The fourth-order valence-electron chi connectivity index (χ4n) is 2.63. The third-order valence-corrected chi connectivity index (χ3v) is 4.04. The lowest BCUT2D eigenvalue weighted by Crippen LogP contribution is -2.27. The van der Waals surface area contributed by atoms with Gasteiger partial charge in [0.25, 0.3) is 0 Å². The summed E-state index contributed by atoms with van der Waals surface area (Å²) in [5.74, 6) is -0.153. The molecule has 2 aromatic carbocycles. The molecule has 5 heteroatoms. The summed E-state index contributed by atoms with van der Waals surface area (Å²) in [6.45, 7) is 0. The summed E-state index contributed by atoms with van der Waals surface area (Å²) in [6, 6.07) is 9.03. The number of hydrogen-bond donors (Lipinski definition) is 1. The van der Waals surface area contributed by atoms with Crippen molar-refractivity contribution in [2.24, 2.45) is 0 Å². The second kappa shape index (κ2) is 5.62. The molecule has 21 heavy (non-hydrogen) atoms. The summed E-state index contributed by atoms with van der Waals surface area (Å²) in [5.41, 5.74) is 1.50. The maximum absolute atomic E-state index is 13.6. The van der Waals surface area contributed by atoms with Crippen molar-refractivity contribution >= 4 is 11.6 Å². The van der Waals surface area contributed by atoms with E-state index in [-0.39, 0.29) is 23.0 Å². The Bertz CT molecular complexity index is 677. The number of hydrogen-bond acceptors (Lipinski definition) is 2. The zero-order valence-electron chi connectivity index (χ0n) is 11.4. The highest BCUT2D eigenvalue weighted by Gasteiger charge is 2.29. The summed E-state index contributed by atoms with van der Waals surface area (Å²) in [4.78, 5) is 0. The van der Waals surface area contributed by atoms with E-state index in [4.69, 9.17) is 16.3 Å². The van der Waals surface area contributed by atoms with E-state index in [2.05, 4.69) is 5.32 Å². The SMILES string of the molecule is CNC1CC(c2ccc(Cl)c(F)c2)Oc2ccc(F)cc21. The molecule has 0 saturated carbocycles. The average molecular weight is 310 g/mol. The van der Waals surface area contributed by atoms with Gasteiger partial charge in [0, 0.05) is 18.0 Å². The lowest BCUT2D eigenvalue weighted by atomic mass is 9.93. The Morgan fingerprint density at radius 3 is 2.71 bits per heavy atom. The third kappa shape index (κ3) is 2.74. The van der Waals surface area contributed by atoms with E-state index in [1.54, 1.807) is 12.1 Å². The largest absolute Gasteiger partial charge is 0.485 e. The van der Waals surface area contributed by atoms with Gasteiger partial charge in [-0.1, -0.05) is 17.7 Å². The number of benzene rings is 2. The van der Waals surface area contributed by atoms with Gasteiger partial charge in [0.1, 0.15) is 23.5 Å². The molecule has 3 rings (SSSR count). The standard InChI is InChI=1S/C16H14ClF2NO/c1-20-14-8-16(9-2-4-12(17)13(19)6-9)21-15-5-3-10(18)7-11(14)15/h2-7,14,16,20H,8H2,1H3. The molecule has 1 heterocycles. The van der Waals surface area contributed by atoms with Crippen LogP contribution < -0.4 is 10.1 Å². The summed E-state index contributed by atoms with van der Waals surface area (Å²) in [5, 5.41) is 3.23. The first-order valence-corrected chi connectivity index (χ1v) is 7.04. The molecule has 2 aromatic rings. The van der Waals surface area contributed by atoms with Gasteiger partial charge >= 0.3 is 0 Å². The number of halogens is 3. The zero-order chi connectivity index (χ0) is 15.0. The van der Waals surface area contributed by atoms with Crippen LogP contribution in [0.1, 0.15) is 29.7 Å². The van der Waals surface area contributed by atoms with Gasteiger partial charge in [-0.05, 0) is 42.9 Å². The Morgan fingerprint density at radius 1 is 1.19 bits per heavy atom. The van der Waals surface area contributed by atoms with Gasteiger partial charge in [-0.2, -0.15) is 0 Å². The van der Waals surface area contributed by atoms with Crippen LogP contribution in [-0.2, 0) is 0 Å². The predicted molar refractivity (Wildman–Crippen MR) is 77.6 cm³/mol. The van der Waals surface area contributed by atoms with Crippen molar-refractivity contribution in [2.75, 3.05) is 7.05 Å². The maximum atomic E-state index is 13.6. The molecule has 110 valence electrons. The molecule has 2 unspecified atom stereocenters. The first-order chi connectivity index (χ1) is 10.1. The minimum Gasteiger partial charge on any atom is -0.485 e. The molecule has 0 aliphatic carbocycles. The Labute approximate surface area is 126 Å². The molecule has 0 saturated heterocycles. The predicted octanol–water partition coefficient (Wildman–Crippen LogP) is 4.40. The van der Waals surface area contributed by atoms with E-state index >= 15 is 0 Å². The molecule has 0 radical (unpaired) electrons. The van der Waals surface area contributed by atoms with Crippen LogP contribution in [-0.4, -0.2) is 7.05 Å². The van der Waals surface area contributed by atoms with Crippen molar-refractivity contribution in [1.29, 1.82) is 0 Å². The van der Waals surface area contributed by atoms with Gasteiger partial charge < -0.3 is 10.1 Å². The molecule has 1 aliphatic rings. The van der Waals surface area contributed by atoms with Gasteiger partial charge in [0.05, 0.1) is 5.02 Å². The fraction of sp³-hybridized carbons (Fsp3) is 0.250. The second-order valence-electron chi connectivity index (χ2n) is 5.04. The van der Waals surface area contributed by atoms with Crippen LogP contribution in [0, 0.1) is 11.6 Å². The van der Waals surface area contributed by atoms with E-state index < -0.39 is 5.82 Å². The van der Waals surface area contributed by atoms with Crippen LogP contribution in [0.15, 0.2) is 36.4 Å². The van der Waals surface area contributed by atoms with Gasteiger partial charge in [0.2, 0.25) is 0 Å². The normalized spacial score (nSPS) is 20.8. The van der Waals surface area contributed by atoms with E-state index in [1.807, 2.05) is 7.05 Å². The van der Waals surface area contributed by atoms with Gasteiger partial charge in [0.15, 0.2) is 0 Å². The lowest BCUT2D eigenvalue weighted by molar-refractivity contribution is 0.153. The van der Waals surface area contributed by atoms with Crippen molar-refractivity contribution < 1.29 is 13.5 Å². The maximum Gasteiger partial charge on any atom is 0.142 e. The average Bonchev–Trinajstić information content (AvgIpc) is 2.49. The van der Waals surface area contributed by atoms with E-state index in [0.29, 0.717) is 17.7 Å². The molecule has 0 bridgehead atoms. The highest BCUT2D eigenvalue weighted by molar-refractivity contribution is 6.30. The quantitative estimate of drug-likeness (QED) is 0.887. The lowest BCUT2D eigenvalue weighted by Gasteiger charge is -2.32. The highest BCUT2D eigenvalue weighted by atomic mass is 35.5. The van der Waals surface area contributed by atoms with Crippen LogP contribution in [0.3, 0.4) is 0 Å². The Morgan fingerprint density at radius 2 is 2.00 bits per heavy atom. The molecule has 0 amide bonds. The summed E-state index contributed by atoms with van der Waals surface area (Å²) in [7, 11) is 1.81. The first kappa shape index (κ1) is 14.3. The monoisotopic (exact) mass is 309 g/mol.